The number of carbonyl (C=O) groups is 2. The highest BCUT2D eigenvalue weighted by Gasteiger charge is 2.34. The normalized spacial score (nSPS) is 15.5. The van der Waals surface area contributed by atoms with Crippen molar-refractivity contribution in [3.05, 3.63) is 39.4 Å². The van der Waals surface area contributed by atoms with Gasteiger partial charge in [-0.05, 0) is 69.7 Å². The standard InChI is InChI=1S/C22H29N3O5S2/c1-6-30-21(27)18-12-31-22(23-18)24-20(26)17-7-9-25(10-8-17)32(28,29)19-15(4)13(2)11-14(3)16(19)5/h11-12,17H,6-10H2,1-5H3,(H,23,24,26). The Morgan fingerprint density at radius 3 is 2.31 bits per heavy atom. The first-order valence-corrected chi connectivity index (χ1v) is 12.9. The Morgan fingerprint density at radius 1 is 1.16 bits per heavy atom. The molecule has 1 fully saturated rings. The van der Waals surface area contributed by atoms with Crippen molar-refractivity contribution < 1.29 is 22.7 Å². The number of esters is 1. The zero-order valence-corrected chi connectivity index (χ0v) is 20.7. The Labute approximate surface area is 193 Å². The van der Waals surface area contributed by atoms with Crippen LogP contribution in [0, 0.1) is 33.6 Å². The van der Waals surface area contributed by atoms with Crippen LogP contribution in [-0.2, 0) is 19.6 Å². The quantitative estimate of drug-likeness (QED) is 0.635. The van der Waals surface area contributed by atoms with E-state index in [-0.39, 0.29) is 37.2 Å². The summed E-state index contributed by atoms with van der Waals surface area (Å²) in [5.74, 6) is -1.07. The number of nitrogens with zero attached hydrogens (tertiary/aromatic N) is 2. The Bertz CT molecular complexity index is 1110. The number of sulfonamides is 1. The van der Waals surface area contributed by atoms with Crippen molar-refractivity contribution in [2.24, 2.45) is 5.92 Å². The number of anilines is 1. The molecular weight excluding hydrogens is 450 g/mol. The smallest absolute Gasteiger partial charge is 0.357 e. The number of rotatable bonds is 6. The van der Waals surface area contributed by atoms with Crippen molar-refractivity contribution in [2.75, 3.05) is 25.0 Å². The summed E-state index contributed by atoms with van der Waals surface area (Å²) < 4.78 is 33.2. The summed E-state index contributed by atoms with van der Waals surface area (Å²) in [6.07, 6.45) is 0.841. The molecule has 0 bridgehead atoms. The number of hydrogen-bond donors (Lipinski definition) is 1. The molecule has 8 nitrogen and oxygen atoms in total. The molecule has 1 aliphatic rings. The van der Waals surface area contributed by atoms with Crippen molar-refractivity contribution in [3.63, 3.8) is 0 Å². The molecule has 0 atom stereocenters. The third-order valence-corrected chi connectivity index (χ3v) is 8.87. The Kier molecular flexibility index (Phi) is 7.36. The second-order valence-corrected chi connectivity index (χ2v) is 10.7. The van der Waals surface area contributed by atoms with Crippen LogP contribution < -0.4 is 5.32 Å². The summed E-state index contributed by atoms with van der Waals surface area (Å²) in [6.45, 7) is 10.0. The molecule has 3 rings (SSSR count). The molecule has 0 aliphatic carbocycles. The lowest BCUT2D eigenvalue weighted by Gasteiger charge is -2.31. The lowest BCUT2D eigenvalue weighted by molar-refractivity contribution is -0.120. The van der Waals surface area contributed by atoms with Gasteiger partial charge in [-0.1, -0.05) is 6.07 Å². The number of nitrogens with one attached hydrogen (secondary N) is 1. The fraction of sp³-hybridized carbons (Fsp3) is 0.500. The van der Waals surface area contributed by atoms with E-state index in [9.17, 15) is 18.0 Å². The fourth-order valence-electron chi connectivity index (χ4n) is 3.89. The summed E-state index contributed by atoms with van der Waals surface area (Å²) in [5.41, 5.74) is 3.61. The minimum atomic E-state index is -3.65. The van der Waals surface area contributed by atoms with Crippen molar-refractivity contribution in [1.82, 2.24) is 9.29 Å². The Morgan fingerprint density at radius 2 is 1.75 bits per heavy atom. The number of aryl methyl sites for hydroxylation is 2. The van der Waals surface area contributed by atoms with Crippen molar-refractivity contribution >= 4 is 38.4 Å². The largest absolute Gasteiger partial charge is 0.461 e. The monoisotopic (exact) mass is 479 g/mol. The van der Waals surface area contributed by atoms with Crippen LogP contribution in [0.4, 0.5) is 5.13 Å². The predicted molar refractivity (Wildman–Crippen MR) is 124 cm³/mol. The molecule has 0 saturated carbocycles. The number of carbonyl (C=O) groups excluding carboxylic acids is 2. The molecule has 0 spiro atoms. The second kappa shape index (κ2) is 9.68. The third-order valence-electron chi connectivity index (χ3n) is 5.94. The number of amides is 1. The average molecular weight is 480 g/mol. The van der Waals surface area contributed by atoms with Gasteiger partial charge < -0.3 is 10.1 Å². The lowest BCUT2D eigenvalue weighted by atomic mass is 9.97. The van der Waals surface area contributed by atoms with Gasteiger partial charge >= 0.3 is 5.97 Å². The number of hydrogen-bond acceptors (Lipinski definition) is 7. The molecule has 1 N–H and O–H groups in total. The molecule has 1 saturated heterocycles. The maximum atomic E-state index is 13.4. The Hall–Kier alpha value is -2.30. The topological polar surface area (TPSA) is 106 Å². The third kappa shape index (κ3) is 4.87. The van der Waals surface area contributed by atoms with Gasteiger partial charge in [0, 0.05) is 24.4 Å². The van der Waals surface area contributed by atoms with E-state index in [4.69, 9.17) is 4.74 Å². The van der Waals surface area contributed by atoms with Crippen LogP contribution >= 0.6 is 11.3 Å². The number of piperidine rings is 1. The van der Waals surface area contributed by atoms with E-state index in [2.05, 4.69) is 10.3 Å². The highest BCUT2D eigenvalue weighted by atomic mass is 32.2. The number of benzene rings is 1. The molecule has 0 unspecified atom stereocenters. The molecule has 1 aromatic carbocycles. The van der Waals surface area contributed by atoms with Crippen molar-refractivity contribution in [1.29, 1.82) is 0 Å². The molecule has 1 amide bonds. The first-order valence-electron chi connectivity index (χ1n) is 10.6. The molecular formula is C22H29N3O5S2. The zero-order chi connectivity index (χ0) is 23.6. The maximum absolute atomic E-state index is 13.4. The van der Waals surface area contributed by atoms with Crippen LogP contribution in [0.3, 0.4) is 0 Å². The Balaban J connectivity index is 1.66. The van der Waals surface area contributed by atoms with Gasteiger partial charge in [0.1, 0.15) is 0 Å². The van der Waals surface area contributed by atoms with Crippen LogP contribution in [-0.4, -0.2) is 49.3 Å². The van der Waals surface area contributed by atoms with Crippen LogP contribution in [0.2, 0.25) is 0 Å². The van der Waals surface area contributed by atoms with E-state index in [0.717, 1.165) is 33.6 Å². The highest BCUT2D eigenvalue weighted by molar-refractivity contribution is 7.89. The summed E-state index contributed by atoms with van der Waals surface area (Å²) in [5, 5.41) is 4.61. The first-order chi connectivity index (χ1) is 15.1. The highest BCUT2D eigenvalue weighted by Crippen LogP contribution is 2.31. The molecule has 1 aromatic heterocycles. The van der Waals surface area contributed by atoms with Gasteiger partial charge in [-0.25, -0.2) is 18.2 Å². The average Bonchev–Trinajstić information content (AvgIpc) is 3.21. The van der Waals surface area contributed by atoms with E-state index in [1.54, 1.807) is 6.92 Å². The van der Waals surface area contributed by atoms with E-state index in [0.29, 0.717) is 22.9 Å². The summed E-state index contributed by atoms with van der Waals surface area (Å²) >= 11 is 1.15. The number of aromatic nitrogens is 1. The van der Waals surface area contributed by atoms with Gasteiger partial charge in [0.15, 0.2) is 10.8 Å². The van der Waals surface area contributed by atoms with E-state index < -0.39 is 16.0 Å². The van der Waals surface area contributed by atoms with Crippen LogP contribution in [0.1, 0.15) is 52.5 Å². The molecule has 2 aromatic rings. The molecule has 1 aliphatic heterocycles. The molecule has 174 valence electrons. The van der Waals surface area contributed by atoms with Gasteiger partial charge in [0.05, 0.1) is 11.5 Å². The van der Waals surface area contributed by atoms with Gasteiger partial charge in [-0.15, -0.1) is 11.3 Å². The first kappa shape index (κ1) is 24.3. The predicted octanol–water partition coefficient (Wildman–Crippen LogP) is 3.59. The van der Waals surface area contributed by atoms with Gasteiger partial charge in [-0.3, -0.25) is 4.79 Å². The minimum absolute atomic E-state index is 0.159. The summed E-state index contributed by atoms with van der Waals surface area (Å²) in [7, 11) is -3.65. The molecule has 32 heavy (non-hydrogen) atoms. The SMILES string of the molecule is CCOC(=O)c1csc(NC(=O)C2CCN(S(=O)(=O)c3c(C)c(C)cc(C)c3C)CC2)n1. The van der Waals surface area contributed by atoms with E-state index in [1.165, 1.54) is 9.69 Å². The van der Waals surface area contributed by atoms with Crippen LogP contribution in [0.5, 0.6) is 0 Å². The van der Waals surface area contributed by atoms with Gasteiger partial charge in [0.25, 0.3) is 0 Å². The summed E-state index contributed by atoms with van der Waals surface area (Å²) in [4.78, 5) is 28.9. The number of thiazole rings is 1. The van der Waals surface area contributed by atoms with Crippen molar-refractivity contribution in [2.45, 2.75) is 52.4 Å². The second-order valence-electron chi connectivity index (χ2n) is 8.02. The van der Waals surface area contributed by atoms with E-state index in [1.807, 2.05) is 33.8 Å². The van der Waals surface area contributed by atoms with Gasteiger partial charge in [0.2, 0.25) is 15.9 Å². The molecule has 0 radical (unpaired) electrons. The van der Waals surface area contributed by atoms with Crippen molar-refractivity contribution in [3.8, 4) is 0 Å². The minimum Gasteiger partial charge on any atom is -0.461 e. The molecule has 2 heterocycles. The lowest BCUT2D eigenvalue weighted by Crippen LogP contribution is -2.41. The molecule has 10 heteroatoms. The van der Waals surface area contributed by atoms with Crippen LogP contribution in [0.25, 0.3) is 0 Å². The number of ether oxygens (including phenoxy) is 1. The summed E-state index contributed by atoms with van der Waals surface area (Å²) in [6, 6.07) is 2.01. The maximum Gasteiger partial charge on any atom is 0.357 e. The van der Waals surface area contributed by atoms with Crippen LogP contribution in [0.15, 0.2) is 16.3 Å². The van der Waals surface area contributed by atoms with Gasteiger partial charge in [-0.2, -0.15) is 4.31 Å². The van der Waals surface area contributed by atoms with E-state index >= 15 is 0 Å². The fourth-order valence-corrected chi connectivity index (χ4v) is 6.62. The zero-order valence-electron chi connectivity index (χ0n) is 19.0.